The number of carbonyl (C=O) groups excluding carboxylic acids is 1. The first-order valence-electron chi connectivity index (χ1n) is 5.67. The zero-order valence-corrected chi connectivity index (χ0v) is 12.6. The fourth-order valence-electron chi connectivity index (χ4n) is 1.61. The molecule has 1 amide bonds. The highest BCUT2D eigenvalue weighted by atomic mass is 79.9. The van der Waals surface area contributed by atoms with Crippen molar-refractivity contribution in [2.45, 2.75) is 26.7 Å². The third-order valence-electron chi connectivity index (χ3n) is 3.04. The molecule has 0 heterocycles. The van der Waals surface area contributed by atoms with E-state index >= 15 is 0 Å². The first-order chi connectivity index (χ1) is 8.49. The van der Waals surface area contributed by atoms with Crippen LogP contribution in [0.1, 0.15) is 26.7 Å². The van der Waals surface area contributed by atoms with E-state index in [4.69, 9.17) is 11.6 Å². The molecule has 0 aliphatic carbocycles. The number of halogens is 2. The molecule has 18 heavy (non-hydrogen) atoms. The highest BCUT2D eigenvalue weighted by Gasteiger charge is 2.35. The summed E-state index contributed by atoms with van der Waals surface area (Å²) in [5, 5.41) is 12.5. The molecular formula is C13H14BrClN2O. The number of nitriles is 1. The lowest BCUT2D eigenvalue weighted by Crippen LogP contribution is -2.34. The summed E-state index contributed by atoms with van der Waals surface area (Å²) in [5.41, 5.74) is -0.357. The maximum atomic E-state index is 12.2. The van der Waals surface area contributed by atoms with Gasteiger partial charge in [-0.3, -0.25) is 4.79 Å². The van der Waals surface area contributed by atoms with E-state index in [9.17, 15) is 10.1 Å². The summed E-state index contributed by atoms with van der Waals surface area (Å²) in [5.74, 6) is -0.280. The van der Waals surface area contributed by atoms with Crippen molar-refractivity contribution < 1.29 is 4.79 Å². The molecule has 0 saturated carbocycles. The topological polar surface area (TPSA) is 52.9 Å². The van der Waals surface area contributed by atoms with Crippen molar-refractivity contribution in [1.82, 2.24) is 0 Å². The number of rotatable bonds is 4. The number of nitrogens with zero attached hydrogens (tertiary/aromatic N) is 1. The average Bonchev–Trinajstić information content (AvgIpc) is 2.36. The van der Waals surface area contributed by atoms with Gasteiger partial charge in [-0.1, -0.05) is 25.4 Å². The Morgan fingerprint density at radius 1 is 1.50 bits per heavy atom. The van der Waals surface area contributed by atoms with Crippen LogP contribution in [-0.2, 0) is 4.79 Å². The van der Waals surface area contributed by atoms with Crippen LogP contribution in [-0.4, -0.2) is 5.91 Å². The van der Waals surface area contributed by atoms with Gasteiger partial charge < -0.3 is 5.32 Å². The summed E-state index contributed by atoms with van der Waals surface area (Å²) in [7, 11) is 0. The molecule has 0 aliphatic rings. The van der Waals surface area contributed by atoms with Crippen molar-refractivity contribution in [2.24, 2.45) is 5.41 Å². The number of nitrogens with one attached hydrogen (secondary N) is 1. The normalized spacial score (nSPS) is 10.8. The molecule has 3 nitrogen and oxygen atoms in total. The quantitative estimate of drug-likeness (QED) is 0.891. The molecule has 0 saturated heterocycles. The van der Waals surface area contributed by atoms with E-state index in [1.165, 1.54) is 0 Å². The van der Waals surface area contributed by atoms with E-state index < -0.39 is 5.41 Å². The third-order valence-corrected chi connectivity index (χ3v) is 3.93. The third kappa shape index (κ3) is 3.04. The first-order valence-corrected chi connectivity index (χ1v) is 6.84. The lowest BCUT2D eigenvalue weighted by atomic mass is 9.83. The molecule has 1 aromatic rings. The number of anilines is 1. The molecule has 0 atom stereocenters. The molecule has 1 rings (SSSR count). The SMILES string of the molecule is CCC(C#N)(CC)C(=O)Nc1ccc(Cl)cc1Br. The number of hydrogen-bond acceptors (Lipinski definition) is 2. The van der Waals surface area contributed by atoms with E-state index in [-0.39, 0.29) is 5.91 Å². The van der Waals surface area contributed by atoms with Gasteiger partial charge in [-0.05, 0) is 47.0 Å². The smallest absolute Gasteiger partial charge is 0.244 e. The van der Waals surface area contributed by atoms with Gasteiger partial charge in [0.25, 0.3) is 0 Å². The van der Waals surface area contributed by atoms with Crippen LogP contribution >= 0.6 is 27.5 Å². The van der Waals surface area contributed by atoms with E-state index in [0.29, 0.717) is 28.0 Å². The van der Waals surface area contributed by atoms with Gasteiger partial charge in [-0.25, -0.2) is 0 Å². The number of amides is 1. The Labute approximate surface area is 120 Å². The summed E-state index contributed by atoms with van der Waals surface area (Å²) >= 11 is 9.16. The minimum Gasteiger partial charge on any atom is -0.324 e. The van der Waals surface area contributed by atoms with Crippen LogP contribution in [0.3, 0.4) is 0 Å². The second kappa shape index (κ2) is 6.21. The van der Waals surface area contributed by atoms with Crippen LogP contribution in [0, 0.1) is 16.7 Å². The first kappa shape index (κ1) is 15.0. The molecule has 0 radical (unpaired) electrons. The summed E-state index contributed by atoms with van der Waals surface area (Å²) in [4.78, 5) is 12.2. The van der Waals surface area contributed by atoms with Gasteiger partial charge >= 0.3 is 0 Å². The van der Waals surface area contributed by atoms with Gasteiger partial charge in [0.05, 0.1) is 11.8 Å². The molecular weight excluding hydrogens is 316 g/mol. The van der Waals surface area contributed by atoms with Crippen LogP contribution in [0.25, 0.3) is 0 Å². The van der Waals surface area contributed by atoms with Crippen LogP contribution in [0.15, 0.2) is 22.7 Å². The van der Waals surface area contributed by atoms with Crippen molar-refractivity contribution >= 4 is 39.1 Å². The Kier molecular flexibility index (Phi) is 5.18. The molecule has 0 spiro atoms. The fraction of sp³-hybridized carbons (Fsp3) is 0.385. The van der Waals surface area contributed by atoms with Crippen LogP contribution < -0.4 is 5.32 Å². The zero-order valence-electron chi connectivity index (χ0n) is 10.3. The Morgan fingerprint density at radius 2 is 2.11 bits per heavy atom. The van der Waals surface area contributed by atoms with Gasteiger partial charge in [-0.2, -0.15) is 5.26 Å². The minimum atomic E-state index is -0.973. The van der Waals surface area contributed by atoms with Crippen molar-refractivity contribution in [2.75, 3.05) is 5.32 Å². The van der Waals surface area contributed by atoms with Crippen molar-refractivity contribution in [3.63, 3.8) is 0 Å². The lowest BCUT2D eigenvalue weighted by molar-refractivity contribution is -0.123. The zero-order chi connectivity index (χ0) is 13.8. The van der Waals surface area contributed by atoms with Gasteiger partial charge in [-0.15, -0.1) is 0 Å². The summed E-state index contributed by atoms with van der Waals surface area (Å²) < 4.78 is 0.697. The molecule has 1 aromatic carbocycles. The van der Waals surface area contributed by atoms with Crippen molar-refractivity contribution in [3.05, 3.63) is 27.7 Å². The average molecular weight is 330 g/mol. The second-order valence-electron chi connectivity index (χ2n) is 3.98. The highest BCUT2D eigenvalue weighted by Crippen LogP contribution is 2.30. The van der Waals surface area contributed by atoms with Crippen LogP contribution in [0.4, 0.5) is 5.69 Å². The molecule has 0 bridgehead atoms. The van der Waals surface area contributed by atoms with Crippen LogP contribution in [0.5, 0.6) is 0 Å². The lowest BCUT2D eigenvalue weighted by Gasteiger charge is -2.22. The van der Waals surface area contributed by atoms with Gasteiger partial charge in [0, 0.05) is 9.50 Å². The molecule has 1 N–H and O–H groups in total. The van der Waals surface area contributed by atoms with Crippen molar-refractivity contribution in [1.29, 1.82) is 5.26 Å². The second-order valence-corrected chi connectivity index (χ2v) is 5.27. The molecule has 0 aromatic heterocycles. The van der Waals surface area contributed by atoms with E-state index in [0.717, 1.165) is 0 Å². The molecule has 0 unspecified atom stereocenters. The standard InChI is InChI=1S/C13H14BrClN2O/c1-3-13(4-2,8-16)12(18)17-11-6-5-9(15)7-10(11)14/h5-7H,3-4H2,1-2H3,(H,17,18). The molecule has 0 aliphatic heterocycles. The van der Waals surface area contributed by atoms with Gasteiger partial charge in [0.2, 0.25) is 5.91 Å². The van der Waals surface area contributed by atoms with E-state index in [2.05, 4.69) is 27.3 Å². The Bertz CT molecular complexity index is 492. The molecule has 96 valence electrons. The summed E-state index contributed by atoms with van der Waals surface area (Å²) in [6.45, 7) is 3.67. The number of carbonyl (C=O) groups is 1. The Balaban J connectivity index is 2.97. The maximum absolute atomic E-state index is 12.2. The largest absolute Gasteiger partial charge is 0.324 e. The fourth-order valence-corrected chi connectivity index (χ4v) is 2.39. The van der Waals surface area contributed by atoms with E-state index in [1.54, 1.807) is 18.2 Å². The summed E-state index contributed by atoms with van der Waals surface area (Å²) in [6.07, 6.45) is 0.966. The molecule has 0 fully saturated rings. The monoisotopic (exact) mass is 328 g/mol. The maximum Gasteiger partial charge on any atom is 0.244 e. The van der Waals surface area contributed by atoms with Gasteiger partial charge in [0.15, 0.2) is 0 Å². The predicted molar refractivity (Wildman–Crippen MR) is 76.4 cm³/mol. The van der Waals surface area contributed by atoms with E-state index in [1.807, 2.05) is 13.8 Å². The van der Waals surface area contributed by atoms with Crippen LogP contribution in [0.2, 0.25) is 5.02 Å². The highest BCUT2D eigenvalue weighted by molar-refractivity contribution is 9.10. The number of benzene rings is 1. The summed E-state index contributed by atoms with van der Waals surface area (Å²) in [6, 6.07) is 7.20. The Morgan fingerprint density at radius 3 is 2.56 bits per heavy atom. The Hall–Kier alpha value is -1.05. The van der Waals surface area contributed by atoms with Gasteiger partial charge in [0.1, 0.15) is 5.41 Å². The van der Waals surface area contributed by atoms with Crippen molar-refractivity contribution in [3.8, 4) is 6.07 Å². The predicted octanol–water partition coefficient (Wildman–Crippen LogP) is 4.37. The molecule has 5 heteroatoms. The number of hydrogen-bond donors (Lipinski definition) is 1. The minimum absolute atomic E-state index is 0.280.